The Hall–Kier alpha value is -2.63. The van der Waals surface area contributed by atoms with E-state index in [4.69, 9.17) is 4.74 Å². The zero-order valence-electron chi connectivity index (χ0n) is 16.7. The van der Waals surface area contributed by atoms with Crippen molar-refractivity contribution in [2.45, 2.75) is 45.6 Å². The zero-order valence-corrected chi connectivity index (χ0v) is 16.7. The number of hydrogen-bond donors (Lipinski definition) is 1. The molecule has 1 saturated heterocycles. The van der Waals surface area contributed by atoms with E-state index in [-0.39, 0.29) is 36.4 Å². The van der Waals surface area contributed by atoms with Crippen LogP contribution >= 0.6 is 0 Å². The Morgan fingerprint density at radius 1 is 1.14 bits per heavy atom. The van der Waals surface area contributed by atoms with E-state index in [9.17, 15) is 14.4 Å². The van der Waals surface area contributed by atoms with Crippen molar-refractivity contribution in [2.75, 3.05) is 19.7 Å². The lowest BCUT2D eigenvalue weighted by molar-refractivity contribution is -0.154. The number of benzene rings is 1. The van der Waals surface area contributed by atoms with Crippen molar-refractivity contribution < 1.29 is 19.1 Å². The van der Waals surface area contributed by atoms with Crippen molar-refractivity contribution in [1.29, 1.82) is 0 Å². The van der Waals surface area contributed by atoms with Gasteiger partial charge in [-0.3, -0.25) is 14.4 Å². The van der Waals surface area contributed by atoms with Gasteiger partial charge in [-0.05, 0) is 37.3 Å². The molecule has 1 aliphatic rings. The first-order valence-corrected chi connectivity index (χ1v) is 10.0. The fourth-order valence-corrected chi connectivity index (χ4v) is 3.19. The molecule has 1 aromatic rings. The summed E-state index contributed by atoms with van der Waals surface area (Å²) in [6.45, 7) is 4.79. The highest BCUT2D eigenvalue weighted by atomic mass is 16.5. The third kappa shape index (κ3) is 6.83. The smallest absolute Gasteiger partial charge is 0.309 e. The number of esters is 1. The van der Waals surface area contributed by atoms with Gasteiger partial charge in [0.05, 0.1) is 5.92 Å². The van der Waals surface area contributed by atoms with Crippen molar-refractivity contribution in [3.8, 4) is 0 Å². The van der Waals surface area contributed by atoms with Crippen LogP contribution in [0.15, 0.2) is 36.4 Å². The SMILES string of the molecule is CCC(CC)NC(=O)COC(=O)C1CCN(C(=O)/C=C/c2ccccc2)CC1. The number of nitrogens with one attached hydrogen (secondary N) is 1. The zero-order chi connectivity index (χ0) is 20.4. The highest BCUT2D eigenvalue weighted by molar-refractivity contribution is 5.92. The standard InChI is InChI=1S/C22H30N2O4/c1-3-19(4-2)23-20(25)16-28-22(27)18-12-14-24(15-13-18)21(26)11-10-17-8-6-5-7-9-17/h5-11,18-19H,3-4,12-16H2,1-2H3,(H,23,25)/b11-10+. The van der Waals surface area contributed by atoms with Crippen LogP contribution in [0.1, 0.15) is 45.1 Å². The van der Waals surface area contributed by atoms with Gasteiger partial charge < -0.3 is 15.0 Å². The summed E-state index contributed by atoms with van der Waals surface area (Å²) in [5.41, 5.74) is 0.973. The molecule has 0 radical (unpaired) electrons. The Morgan fingerprint density at radius 3 is 2.39 bits per heavy atom. The number of nitrogens with zero attached hydrogens (tertiary/aromatic N) is 1. The highest BCUT2D eigenvalue weighted by Crippen LogP contribution is 2.19. The van der Waals surface area contributed by atoms with Gasteiger partial charge in [-0.25, -0.2) is 0 Å². The van der Waals surface area contributed by atoms with E-state index in [1.807, 2.05) is 44.2 Å². The highest BCUT2D eigenvalue weighted by Gasteiger charge is 2.28. The summed E-state index contributed by atoms with van der Waals surface area (Å²) in [7, 11) is 0. The molecule has 0 atom stereocenters. The first kappa shape index (κ1) is 21.7. The molecule has 2 rings (SSSR count). The van der Waals surface area contributed by atoms with E-state index in [1.54, 1.807) is 17.1 Å². The van der Waals surface area contributed by atoms with Crippen LogP contribution in [-0.2, 0) is 19.1 Å². The minimum absolute atomic E-state index is 0.0554. The normalized spacial score (nSPS) is 15.0. The van der Waals surface area contributed by atoms with E-state index >= 15 is 0 Å². The minimum atomic E-state index is -0.355. The molecule has 0 unspecified atom stereocenters. The summed E-state index contributed by atoms with van der Waals surface area (Å²) in [5, 5.41) is 2.85. The van der Waals surface area contributed by atoms with Crippen LogP contribution in [0, 0.1) is 5.92 Å². The number of likely N-dealkylation sites (tertiary alicyclic amines) is 1. The summed E-state index contributed by atoms with van der Waals surface area (Å²) < 4.78 is 5.17. The predicted molar refractivity (Wildman–Crippen MR) is 108 cm³/mol. The van der Waals surface area contributed by atoms with E-state index in [0.29, 0.717) is 25.9 Å². The van der Waals surface area contributed by atoms with E-state index < -0.39 is 0 Å². The molecular formula is C22H30N2O4. The summed E-state index contributed by atoms with van der Waals surface area (Å²) >= 11 is 0. The van der Waals surface area contributed by atoms with Gasteiger partial charge in [0.25, 0.3) is 5.91 Å². The average molecular weight is 386 g/mol. The van der Waals surface area contributed by atoms with Gasteiger partial charge in [0.2, 0.25) is 5.91 Å². The molecule has 0 bridgehead atoms. The van der Waals surface area contributed by atoms with E-state index in [1.165, 1.54) is 0 Å². The van der Waals surface area contributed by atoms with Crippen molar-refractivity contribution in [2.24, 2.45) is 5.92 Å². The number of hydrogen-bond acceptors (Lipinski definition) is 4. The number of carbonyl (C=O) groups is 3. The van der Waals surface area contributed by atoms with Gasteiger partial charge in [-0.1, -0.05) is 44.2 Å². The number of carbonyl (C=O) groups excluding carboxylic acids is 3. The molecule has 0 aliphatic carbocycles. The maximum absolute atomic E-state index is 12.3. The van der Waals surface area contributed by atoms with Crippen LogP contribution in [0.3, 0.4) is 0 Å². The molecule has 1 fully saturated rings. The van der Waals surface area contributed by atoms with Crippen LogP contribution in [0.25, 0.3) is 6.08 Å². The van der Waals surface area contributed by atoms with Crippen molar-refractivity contribution in [3.05, 3.63) is 42.0 Å². The summed E-state index contributed by atoms with van der Waals surface area (Å²) in [4.78, 5) is 38.1. The van der Waals surface area contributed by atoms with E-state index in [0.717, 1.165) is 18.4 Å². The van der Waals surface area contributed by atoms with Crippen LogP contribution in [-0.4, -0.2) is 48.4 Å². The molecule has 6 heteroatoms. The topological polar surface area (TPSA) is 75.7 Å². The number of ether oxygens (including phenoxy) is 1. The Balaban J connectivity index is 1.72. The minimum Gasteiger partial charge on any atom is -0.455 e. The van der Waals surface area contributed by atoms with Gasteiger partial charge in [0, 0.05) is 25.2 Å². The summed E-state index contributed by atoms with van der Waals surface area (Å²) in [6.07, 6.45) is 6.16. The Morgan fingerprint density at radius 2 is 1.79 bits per heavy atom. The van der Waals surface area contributed by atoms with Crippen LogP contribution in [0.4, 0.5) is 0 Å². The lowest BCUT2D eigenvalue weighted by atomic mass is 9.97. The maximum atomic E-state index is 12.3. The average Bonchev–Trinajstić information content (AvgIpc) is 2.74. The van der Waals surface area contributed by atoms with Crippen molar-refractivity contribution in [1.82, 2.24) is 10.2 Å². The van der Waals surface area contributed by atoms with Crippen molar-refractivity contribution >= 4 is 23.9 Å². The van der Waals surface area contributed by atoms with E-state index in [2.05, 4.69) is 5.32 Å². The van der Waals surface area contributed by atoms with Crippen LogP contribution in [0.2, 0.25) is 0 Å². The maximum Gasteiger partial charge on any atom is 0.309 e. The molecular weight excluding hydrogens is 356 g/mol. The monoisotopic (exact) mass is 386 g/mol. The van der Waals surface area contributed by atoms with Gasteiger partial charge in [-0.15, -0.1) is 0 Å². The second-order valence-electron chi connectivity index (χ2n) is 7.03. The third-order valence-corrected chi connectivity index (χ3v) is 5.05. The van der Waals surface area contributed by atoms with Gasteiger partial charge in [-0.2, -0.15) is 0 Å². The van der Waals surface area contributed by atoms with Gasteiger partial charge in [0.1, 0.15) is 0 Å². The second kappa shape index (κ2) is 11.3. The molecule has 6 nitrogen and oxygen atoms in total. The molecule has 2 amide bonds. The number of amides is 2. The molecule has 1 heterocycles. The third-order valence-electron chi connectivity index (χ3n) is 5.05. The van der Waals surface area contributed by atoms with Crippen molar-refractivity contribution in [3.63, 3.8) is 0 Å². The molecule has 1 aromatic carbocycles. The summed E-state index contributed by atoms with van der Waals surface area (Å²) in [5.74, 6) is -0.935. The molecule has 0 aromatic heterocycles. The fourth-order valence-electron chi connectivity index (χ4n) is 3.19. The molecule has 1 aliphatic heterocycles. The van der Waals surface area contributed by atoms with Crippen LogP contribution < -0.4 is 5.32 Å². The largest absolute Gasteiger partial charge is 0.455 e. The Labute approximate surface area is 166 Å². The fraction of sp³-hybridized carbons (Fsp3) is 0.500. The predicted octanol–water partition coefficient (Wildman–Crippen LogP) is 2.79. The first-order chi connectivity index (χ1) is 13.5. The Bertz CT molecular complexity index is 675. The van der Waals surface area contributed by atoms with Gasteiger partial charge in [0.15, 0.2) is 6.61 Å². The van der Waals surface area contributed by atoms with Gasteiger partial charge >= 0.3 is 5.97 Å². The second-order valence-corrected chi connectivity index (χ2v) is 7.03. The Kier molecular flexibility index (Phi) is 8.72. The molecule has 152 valence electrons. The summed E-state index contributed by atoms with van der Waals surface area (Å²) in [6, 6.07) is 9.76. The van der Waals surface area contributed by atoms with Crippen LogP contribution in [0.5, 0.6) is 0 Å². The lowest BCUT2D eigenvalue weighted by Gasteiger charge is -2.30. The lowest BCUT2D eigenvalue weighted by Crippen LogP contribution is -2.41. The molecule has 1 N–H and O–H groups in total. The quantitative estimate of drug-likeness (QED) is 0.551. The number of rotatable bonds is 8. The first-order valence-electron chi connectivity index (χ1n) is 10.0. The number of piperidine rings is 1. The molecule has 0 saturated carbocycles. The molecule has 0 spiro atoms. The molecule has 28 heavy (non-hydrogen) atoms.